The van der Waals surface area contributed by atoms with E-state index in [2.05, 4.69) is 15.6 Å². The fourth-order valence-corrected chi connectivity index (χ4v) is 3.67. The molecule has 1 aromatic carbocycles. The zero-order valence-corrected chi connectivity index (χ0v) is 15.3. The van der Waals surface area contributed by atoms with Gasteiger partial charge in [-0.3, -0.25) is 0 Å². The number of nitrogens with two attached hydrogens (primary N) is 1. The number of para-hydroxylation sites is 1. The summed E-state index contributed by atoms with van der Waals surface area (Å²) in [5, 5.41) is 2.86. The number of aromatic nitrogens is 3. The third-order valence-corrected chi connectivity index (χ3v) is 5.15. The Hall–Kier alpha value is -2.22. The fourth-order valence-electron chi connectivity index (χ4n) is 3.67. The lowest BCUT2D eigenvalue weighted by Gasteiger charge is -2.24. The molecule has 0 bridgehead atoms. The van der Waals surface area contributed by atoms with Crippen LogP contribution in [0.3, 0.4) is 0 Å². The van der Waals surface area contributed by atoms with Gasteiger partial charge in [-0.15, -0.1) is 0 Å². The van der Waals surface area contributed by atoms with E-state index in [4.69, 9.17) is 20.3 Å². The first-order chi connectivity index (χ1) is 12.7. The minimum atomic E-state index is 0.478. The summed E-state index contributed by atoms with van der Waals surface area (Å²) in [7, 11) is 3.56. The Morgan fingerprint density at radius 3 is 2.81 bits per heavy atom. The third kappa shape index (κ3) is 3.13. The number of hydrogen-bond donors (Lipinski definition) is 1. The van der Waals surface area contributed by atoms with Gasteiger partial charge >= 0.3 is 0 Å². The van der Waals surface area contributed by atoms with Crippen molar-refractivity contribution < 1.29 is 9.57 Å². The Balaban J connectivity index is 1.89. The number of nitrogens with zero attached hydrogens (tertiary/aromatic N) is 4. The number of imidazole rings is 1. The summed E-state index contributed by atoms with van der Waals surface area (Å²) in [6, 6.07) is 8.11. The first kappa shape index (κ1) is 17.2. The van der Waals surface area contributed by atoms with Gasteiger partial charge in [0.2, 0.25) is 0 Å². The molecule has 4 rings (SSSR count). The number of ether oxygens (including phenoxy) is 1. The van der Waals surface area contributed by atoms with Crippen molar-refractivity contribution in [1.82, 2.24) is 19.6 Å². The highest BCUT2D eigenvalue weighted by molar-refractivity contribution is 6.06. The molecule has 0 saturated carbocycles. The average Bonchev–Trinajstić information content (AvgIpc) is 3.01. The molecule has 1 aliphatic rings. The van der Waals surface area contributed by atoms with E-state index in [9.17, 15) is 0 Å². The highest BCUT2D eigenvalue weighted by Gasteiger charge is 2.22. The number of pyridine rings is 1. The van der Waals surface area contributed by atoms with E-state index in [0.717, 1.165) is 60.4 Å². The average molecular weight is 355 g/mol. The van der Waals surface area contributed by atoms with E-state index in [1.54, 1.807) is 12.2 Å². The first-order valence-corrected chi connectivity index (χ1v) is 9.03. The van der Waals surface area contributed by atoms with Gasteiger partial charge in [0.25, 0.3) is 0 Å². The number of nitrogen functional groups attached to an aromatic ring is 1. The summed E-state index contributed by atoms with van der Waals surface area (Å²) < 4.78 is 7.83. The quantitative estimate of drug-likeness (QED) is 0.709. The normalized spacial score (nSPS) is 16.1. The highest BCUT2D eigenvalue weighted by Crippen LogP contribution is 2.31. The number of benzene rings is 1. The van der Waals surface area contributed by atoms with Crippen LogP contribution in [0.15, 0.2) is 24.3 Å². The molecule has 3 aromatic rings. The predicted molar refractivity (Wildman–Crippen MR) is 101 cm³/mol. The van der Waals surface area contributed by atoms with Crippen LogP contribution in [-0.4, -0.2) is 47.0 Å². The number of hydrogen-bond acceptors (Lipinski definition) is 6. The summed E-state index contributed by atoms with van der Waals surface area (Å²) in [6.07, 6.45) is 2.13. The summed E-state index contributed by atoms with van der Waals surface area (Å²) in [6.45, 7) is 3.15. The van der Waals surface area contributed by atoms with Crippen molar-refractivity contribution in [2.45, 2.75) is 25.9 Å². The van der Waals surface area contributed by atoms with Gasteiger partial charge in [0.1, 0.15) is 11.3 Å². The van der Waals surface area contributed by atoms with Gasteiger partial charge in [0, 0.05) is 32.2 Å². The second-order valence-corrected chi connectivity index (χ2v) is 6.87. The van der Waals surface area contributed by atoms with Crippen LogP contribution in [0.1, 0.15) is 18.7 Å². The second-order valence-electron chi connectivity index (χ2n) is 6.87. The maximum atomic E-state index is 6.25. The maximum absolute atomic E-state index is 6.25. The Labute approximate surface area is 152 Å². The van der Waals surface area contributed by atoms with E-state index in [-0.39, 0.29) is 0 Å². The first-order valence-electron chi connectivity index (χ1n) is 9.03. The SMILES string of the molecule is CON(C)Cc1nc2c(N)nc3ccccc3c2n1CC1CCOCC1. The number of anilines is 1. The molecular weight excluding hydrogens is 330 g/mol. The standard InChI is InChI=1S/C19H25N5O2/c1-23(25-2)12-16-22-17-18(24(16)11-13-7-9-26-10-8-13)14-5-3-4-6-15(14)21-19(17)20/h3-6,13H,7-12H2,1-2H3,(H2,20,21). The number of hydroxylamine groups is 2. The van der Waals surface area contributed by atoms with E-state index in [1.165, 1.54) is 0 Å². The van der Waals surface area contributed by atoms with E-state index < -0.39 is 0 Å². The molecule has 7 heteroatoms. The molecule has 26 heavy (non-hydrogen) atoms. The van der Waals surface area contributed by atoms with Gasteiger partial charge < -0.3 is 19.9 Å². The smallest absolute Gasteiger partial charge is 0.152 e. The summed E-state index contributed by atoms with van der Waals surface area (Å²) >= 11 is 0. The van der Waals surface area contributed by atoms with Crippen LogP contribution in [0, 0.1) is 5.92 Å². The molecule has 0 unspecified atom stereocenters. The minimum absolute atomic E-state index is 0.478. The Morgan fingerprint density at radius 1 is 1.27 bits per heavy atom. The summed E-state index contributed by atoms with van der Waals surface area (Å²) in [5.41, 5.74) is 8.99. The Kier molecular flexibility index (Phi) is 4.76. The molecule has 3 heterocycles. The van der Waals surface area contributed by atoms with E-state index >= 15 is 0 Å². The van der Waals surface area contributed by atoms with Gasteiger partial charge in [-0.2, -0.15) is 5.06 Å². The summed E-state index contributed by atoms with van der Waals surface area (Å²) in [4.78, 5) is 14.7. The number of fused-ring (bicyclic) bond motifs is 3. The monoisotopic (exact) mass is 355 g/mol. The van der Waals surface area contributed by atoms with Crippen LogP contribution in [0.2, 0.25) is 0 Å². The van der Waals surface area contributed by atoms with Gasteiger partial charge in [-0.1, -0.05) is 18.2 Å². The van der Waals surface area contributed by atoms with Gasteiger partial charge in [-0.25, -0.2) is 9.97 Å². The molecule has 2 aromatic heterocycles. The van der Waals surface area contributed by atoms with Gasteiger partial charge in [0.05, 0.1) is 24.7 Å². The molecule has 1 fully saturated rings. The zero-order valence-electron chi connectivity index (χ0n) is 15.3. The Morgan fingerprint density at radius 2 is 2.04 bits per heavy atom. The third-order valence-electron chi connectivity index (χ3n) is 5.15. The largest absolute Gasteiger partial charge is 0.382 e. The van der Waals surface area contributed by atoms with Crippen molar-refractivity contribution in [2.75, 3.05) is 33.1 Å². The van der Waals surface area contributed by atoms with Crippen LogP contribution in [0.25, 0.3) is 21.9 Å². The van der Waals surface area contributed by atoms with Gasteiger partial charge in [-0.05, 0) is 24.8 Å². The Bertz CT molecular complexity index is 917. The molecule has 2 N–H and O–H groups in total. The molecule has 0 radical (unpaired) electrons. The van der Waals surface area contributed by atoms with Crippen molar-refractivity contribution in [1.29, 1.82) is 0 Å². The lowest BCUT2D eigenvalue weighted by atomic mass is 10.00. The number of rotatable bonds is 5. The zero-order chi connectivity index (χ0) is 18.1. The van der Waals surface area contributed by atoms with Crippen molar-refractivity contribution in [3.05, 3.63) is 30.1 Å². The van der Waals surface area contributed by atoms with Gasteiger partial charge in [0.15, 0.2) is 5.82 Å². The van der Waals surface area contributed by atoms with Crippen molar-refractivity contribution in [3.63, 3.8) is 0 Å². The molecular formula is C19H25N5O2. The summed E-state index contributed by atoms with van der Waals surface area (Å²) in [5.74, 6) is 1.99. The molecule has 138 valence electrons. The van der Waals surface area contributed by atoms with Crippen LogP contribution < -0.4 is 5.73 Å². The van der Waals surface area contributed by atoms with Crippen LogP contribution in [0.5, 0.6) is 0 Å². The molecule has 1 saturated heterocycles. The minimum Gasteiger partial charge on any atom is -0.382 e. The maximum Gasteiger partial charge on any atom is 0.152 e. The lowest BCUT2D eigenvalue weighted by molar-refractivity contribution is -0.118. The van der Waals surface area contributed by atoms with Crippen molar-refractivity contribution in [2.24, 2.45) is 5.92 Å². The topological polar surface area (TPSA) is 78.4 Å². The molecule has 0 atom stereocenters. The van der Waals surface area contributed by atoms with E-state index in [0.29, 0.717) is 18.3 Å². The molecule has 0 aliphatic carbocycles. The fraction of sp³-hybridized carbons (Fsp3) is 0.474. The van der Waals surface area contributed by atoms with Crippen molar-refractivity contribution in [3.8, 4) is 0 Å². The molecule has 0 spiro atoms. The molecule has 7 nitrogen and oxygen atoms in total. The lowest BCUT2D eigenvalue weighted by Crippen LogP contribution is -2.24. The van der Waals surface area contributed by atoms with Crippen LogP contribution in [0.4, 0.5) is 5.82 Å². The predicted octanol–water partition coefficient (Wildman–Crippen LogP) is 2.59. The van der Waals surface area contributed by atoms with Crippen LogP contribution >= 0.6 is 0 Å². The highest BCUT2D eigenvalue weighted by atomic mass is 16.7. The van der Waals surface area contributed by atoms with Crippen LogP contribution in [-0.2, 0) is 22.7 Å². The van der Waals surface area contributed by atoms with E-state index in [1.807, 2.05) is 25.2 Å². The van der Waals surface area contributed by atoms with Crippen molar-refractivity contribution >= 4 is 27.8 Å². The second kappa shape index (κ2) is 7.19. The molecule has 1 aliphatic heterocycles. The molecule has 0 amide bonds.